The van der Waals surface area contributed by atoms with Crippen LogP contribution in [0.1, 0.15) is 46.4 Å². The number of ether oxygens (including phenoxy) is 2. The number of hydrogen-bond acceptors (Lipinski definition) is 8. The van der Waals surface area contributed by atoms with E-state index in [2.05, 4.69) is 10.3 Å². The second-order valence-electron chi connectivity index (χ2n) is 8.54. The number of imide groups is 1. The summed E-state index contributed by atoms with van der Waals surface area (Å²) in [4.78, 5) is 53.3. The molecule has 160 valence electrons. The van der Waals surface area contributed by atoms with Gasteiger partial charge in [0.25, 0.3) is 0 Å². The topological polar surface area (TPSA) is 135 Å². The number of anilines is 1. The molecule has 1 aliphatic heterocycles. The van der Waals surface area contributed by atoms with Crippen LogP contribution in [-0.4, -0.2) is 51.4 Å². The molecule has 2 N–H and O–H groups in total. The summed E-state index contributed by atoms with van der Waals surface area (Å²) in [6.07, 6.45) is -0.377. The van der Waals surface area contributed by atoms with Crippen molar-refractivity contribution in [3.63, 3.8) is 0 Å². The van der Waals surface area contributed by atoms with Gasteiger partial charge in [0.05, 0.1) is 5.92 Å². The van der Waals surface area contributed by atoms with E-state index >= 15 is 0 Å². The van der Waals surface area contributed by atoms with Gasteiger partial charge >= 0.3 is 18.2 Å². The Labute approximate surface area is 172 Å². The smallest absolute Gasteiger partial charge is 0.426 e. The third-order valence-electron chi connectivity index (χ3n) is 3.61. The van der Waals surface area contributed by atoms with E-state index in [1.165, 1.54) is 6.20 Å². The molecule has 11 heteroatoms. The first-order valence-corrected chi connectivity index (χ1v) is 9.73. The summed E-state index contributed by atoms with van der Waals surface area (Å²) < 4.78 is 10.6. The lowest BCUT2D eigenvalue weighted by atomic mass is 9.87. The minimum absolute atomic E-state index is 0.00936. The summed E-state index contributed by atoms with van der Waals surface area (Å²) >= 11 is 0.983. The van der Waals surface area contributed by atoms with Gasteiger partial charge in [0.2, 0.25) is 11.0 Å². The highest BCUT2D eigenvalue weighted by molar-refractivity contribution is 7.16. The van der Waals surface area contributed by atoms with Crippen molar-refractivity contribution < 1.29 is 33.8 Å². The Hall–Kier alpha value is -2.69. The summed E-state index contributed by atoms with van der Waals surface area (Å²) in [7, 11) is 0. The highest BCUT2D eigenvalue weighted by Crippen LogP contribution is 2.30. The first-order chi connectivity index (χ1) is 13.2. The Kier molecular flexibility index (Phi) is 6.21. The Morgan fingerprint density at radius 3 is 2.07 bits per heavy atom. The van der Waals surface area contributed by atoms with Crippen molar-refractivity contribution in [2.45, 2.75) is 65.2 Å². The SMILES string of the molecule is CC(C)(C)OC(=O)N(C(=O)OC(C)(C)C)c1ncc(CC2C(=O)NC2C(=O)O)s1. The molecule has 0 saturated carbocycles. The third-order valence-corrected chi connectivity index (χ3v) is 4.61. The van der Waals surface area contributed by atoms with Gasteiger partial charge in [-0.3, -0.25) is 4.79 Å². The lowest BCUT2D eigenvalue weighted by Crippen LogP contribution is -2.62. The largest absolute Gasteiger partial charge is 0.480 e. The highest BCUT2D eigenvalue weighted by atomic mass is 32.1. The quantitative estimate of drug-likeness (QED) is 0.700. The lowest BCUT2D eigenvalue weighted by molar-refractivity contribution is -0.153. The predicted octanol–water partition coefficient (Wildman–Crippen LogP) is 2.56. The average molecular weight is 427 g/mol. The van der Waals surface area contributed by atoms with Crippen molar-refractivity contribution in [2.75, 3.05) is 4.90 Å². The van der Waals surface area contributed by atoms with E-state index in [1.807, 2.05) is 0 Å². The van der Waals surface area contributed by atoms with E-state index in [4.69, 9.17) is 14.6 Å². The molecule has 1 fully saturated rings. The summed E-state index contributed by atoms with van der Waals surface area (Å²) in [6, 6.07) is -0.971. The summed E-state index contributed by atoms with van der Waals surface area (Å²) in [5.74, 6) is -2.23. The number of nitrogens with zero attached hydrogens (tertiary/aromatic N) is 2. The van der Waals surface area contributed by atoms with E-state index in [9.17, 15) is 19.2 Å². The van der Waals surface area contributed by atoms with Gasteiger partial charge in [-0.25, -0.2) is 19.4 Å². The van der Waals surface area contributed by atoms with E-state index in [0.29, 0.717) is 9.78 Å². The molecule has 1 aliphatic rings. The summed E-state index contributed by atoms with van der Waals surface area (Å²) in [5, 5.41) is 11.4. The molecule has 2 unspecified atom stereocenters. The molecular formula is C18H25N3O7S. The number of carboxylic acids is 1. The van der Waals surface area contributed by atoms with Gasteiger partial charge in [0.15, 0.2) is 0 Å². The Morgan fingerprint density at radius 2 is 1.66 bits per heavy atom. The Morgan fingerprint density at radius 1 is 1.14 bits per heavy atom. The molecule has 2 atom stereocenters. The van der Waals surface area contributed by atoms with Crippen LogP contribution in [0.25, 0.3) is 0 Å². The minimum atomic E-state index is -1.12. The van der Waals surface area contributed by atoms with Gasteiger partial charge in [-0.2, -0.15) is 4.90 Å². The van der Waals surface area contributed by atoms with Gasteiger partial charge < -0.3 is 19.9 Å². The maximum Gasteiger partial charge on any atom is 0.426 e. The summed E-state index contributed by atoms with van der Waals surface area (Å²) in [5.41, 5.74) is -1.70. The predicted molar refractivity (Wildman–Crippen MR) is 104 cm³/mol. The fraction of sp³-hybridized carbons (Fsp3) is 0.611. The van der Waals surface area contributed by atoms with Crippen LogP contribution in [0.4, 0.5) is 14.7 Å². The van der Waals surface area contributed by atoms with Gasteiger partial charge in [0.1, 0.15) is 17.2 Å². The molecular weight excluding hydrogens is 402 g/mol. The number of amides is 3. The van der Waals surface area contributed by atoms with Crippen molar-refractivity contribution >= 4 is 40.5 Å². The van der Waals surface area contributed by atoms with Crippen molar-refractivity contribution in [2.24, 2.45) is 5.92 Å². The van der Waals surface area contributed by atoms with Crippen molar-refractivity contribution in [1.29, 1.82) is 0 Å². The zero-order valence-corrected chi connectivity index (χ0v) is 18.0. The fourth-order valence-electron chi connectivity index (χ4n) is 2.42. The minimum Gasteiger partial charge on any atom is -0.480 e. The lowest BCUT2D eigenvalue weighted by Gasteiger charge is -2.33. The second kappa shape index (κ2) is 7.97. The second-order valence-corrected chi connectivity index (χ2v) is 9.63. The number of rotatable bonds is 4. The molecule has 10 nitrogen and oxygen atoms in total. The van der Waals surface area contributed by atoms with Gasteiger partial charge in [0, 0.05) is 11.1 Å². The normalized spacial score (nSPS) is 19.0. The molecule has 0 aromatic carbocycles. The number of nitrogens with one attached hydrogen (secondary N) is 1. The van der Waals surface area contributed by atoms with Crippen LogP contribution >= 0.6 is 11.3 Å². The van der Waals surface area contributed by atoms with Crippen molar-refractivity contribution in [3.05, 3.63) is 11.1 Å². The average Bonchev–Trinajstić information content (AvgIpc) is 2.94. The molecule has 0 radical (unpaired) electrons. The van der Waals surface area contributed by atoms with Crippen LogP contribution < -0.4 is 10.2 Å². The van der Waals surface area contributed by atoms with Crippen molar-refractivity contribution in [3.8, 4) is 0 Å². The monoisotopic (exact) mass is 427 g/mol. The zero-order chi connectivity index (χ0) is 22.1. The third kappa shape index (κ3) is 5.89. The number of thiazole rings is 1. The molecule has 1 aromatic heterocycles. The molecule has 0 aliphatic carbocycles. The number of carboxylic acid groups (broad SMARTS) is 1. The first kappa shape index (κ1) is 22.6. The molecule has 2 rings (SSSR count). The summed E-state index contributed by atoms with van der Waals surface area (Å²) in [6.45, 7) is 9.96. The highest BCUT2D eigenvalue weighted by Gasteiger charge is 2.44. The van der Waals surface area contributed by atoms with Gasteiger partial charge in [-0.05, 0) is 48.0 Å². The Balaban J connectivity index is 2.25. The maximum absolute atomic E-state index is 12.6. The molecule has 29 heavy (non-hydrogen) atoms. The van der Waals surface area contributed by atoms with Crippen LogP contribution in [0, 0.1) is 5.92 Å². The number of carbonyl (C=O) groups is 4. The number of aliphatic carboxylic acids is 1. The van der Waals surface area contributed by atoms with Crippen LogP contribution in [0.5, 0.6) is 0 Å². The molecule has 0 bridgehead atoms. The van der Waals surface area contributed by atoms with E-state index in [1.54, 1.807) is 41.5 Å². The number of aromatic nitrogens is 1. The number of carbonyl (C=O) groups excluding carboxylic acids is 3. The van der Waals surface area contributed by atoms with Crippen LogP contribution in [0.3, 0.4) is 0 Å². The van der Waals surface area contributed by atoms with Gasteiger partial charge in [-0.15, -0.1) is 11.3 Å². The molecule has 1 aromatic rings. The molecule has 0 spiro atoms. The maximum atomic E-state index is 12.6. The van der Waals surface area contributed by atoms with E-state index in [0.717, 1.165) is 11.3 Å². The Bertz CT molecular complexity index is 794. The fourth-order valence-corrected chi connectivity index (χ4v) is 3.37. The molecule has 3 amide bonds. The van der Waals surface area contributed by atoms with Crippen molar-refractivity contribution in [1.82, 2.24) is 10.3 Å². The zero-order valence-electron chi connectivity index (χ0n) is 17.1. The van der Waals surface area contributed by atoms with Gasteiger partial charge in [-0.1, -0.05) is 0 Å². The molecule has 2 heterocycles. The van der Waals surface area contributed by atoms with Crippen LogP contribution in [-0.2, 0) is 25.5 Å². The van der Waals surface area contributed by atoms with E-state index < -0.39 is 41.3 Å². The standard InChI is InChI=1S/C18H25N3O7S/c1-17(2,3)27-15(25)21(16(26)28-18(4,5)6)14-19-8-9(29-14)7-10-11(13(23)24)20-12(10)22/h8,10-11H,7H2,1-6H3,(H,20,22)(H,23,24). The number of hydrogen-bond donors (Lipinski definition) is 2. The van der Waals surface area contributed by atoms with E-state index in [-0.39, 0.29) is 17.5 Å². The first-order valence-electron chi connectivity index (χ1n) is 8.92. The van der Waals surface area contributed by atoms with Crippen LogP contribution in [0.15, 0.2) is 6.20 Å². The number of β-lactam (4-membered cyclic amide) rings is 1. The van der Waals surface area contributed by atoms with Crippen LogP contribution in [0.2, 0.25) is 0 Å². The molecule has 1 saturated heterocycles.